The third-order valence-corrected chi connectivity index (χ3v) is 2.93. The van der Waals surface area contributed by atoms with E-state index < -0.39 is 18.2 Å². The van der Waals surface area contributed by atoms with Crippen molar-refractivity contribution in [3.8, 4) is 11.5 Å². The van der Waals surface area contributed by atoms with Gasteiger partial charge in [-0.05, 0) is 25.1 Å². The number of para-hydroxylation sites is 1. The highest BCUT2D eigenvalue weighted by atomic mass is 19.3. The first-order chi connectivity index (χ1) is 9.97. The number of alkyl halides is 2. The molecule has 0 fully saturated rings. The predicted octanol–water partition coefficient (Wildman–Crippen LogP) is 4.31. The van der Waals surface area contributed by atoms with Crippen LogP contribution in [-0.4, -0.2) is 11.7 Å². The summed E-state index contributed by atoms with van der Waals surface area (Å²) in [6.45, 7) is -1.28. The SMILES string of the molecule is CC(Nc1ccc(OC(F)F)c(F)c1)c1ccccc1O. The molecule has 0 spiro atoms. The summed E-state index contributed by atoms with van der Waals surface area (Å²) >= 11 is 0. The van der Waals surface area contributed by atoms with Crippen molar-refractivity contribution >= 4 is 5.69 Å². The average molecular weight is 297 g/mol. The van der Waals surface area contributed by atoms with E-state index in [0.29, 0.717) is 11.3 Å². The maximum atomic E-state index is 13.6. The minimum absolute atomic E-state index is 0.121. The predicted molar refractivity (Wildman–Crippen MR) is 73.2 cm³/mol. The van der Waals surface area contributed by atoms with Crippen molar-refractivity contribution in [3.05, 3.63) is 53.8 Å². The molecule has 1 unspecified atom stereocenters. The van der Waals surface area contributed by atoms with E-state index in [9.17, 15) is 18.3 Å². The molecule has 0 aliphatic heterocycles. The van der Waals surface area contributed by atoms with Crippen LogP contribution in [0.15, 0.2) is 42.5 Å². The lowest BCUT2D eigenvalue weighted by molar-refractivity contribution is -0.0521. The normalized spacial score (nSPS) is 12.2. The van der Waals surface area contributed by atoms with Crippen molar-refractivity contribution in [2.45, 2.75) is 19.6 Å². The summed E-state index contributed by atoms with van der Waals surface area (Å²) in [5.41, 5.74) is 1.04. The Kier molecular flexibility index (Phi) is 4.57. The second kappa shape index (κ2) is 6.39. The van der Waals surface area contributed by atoms with Gasteiger partial charge in [-0.25, -0.2) is 4.39 Å². The van der Waals surface area contributed by atoms with E-state index in [1.54, 1.807) is 31.2 Å². The van der Waals surface area contributed by atoms with Gasteiger partial charge in [0.05, 0.1) is 6.04 Å². The number of nitrogens with one attached hydrogen (secondary N) is 1. The molecule has 0 aromatic heterocycles. The fraction of sp³-hybridized carbons (Fsp3) is 0.200. The lowest BCUT2D eigenvalue weighted by Gasteiger charge is -2.17. The molecule has 2 aromatic carbocycles. The van der Waals surface area contributed by atoms with Gasteiger partial charge in [-0.3, -0.25) is 0 Å². The number of hydrogen-bond donors (Lipinski definition) is 2. The van der Waals surface area contributed by atoms with Crippen LogP contribution in [0.3, 0.4) is 0 Å². The average Bonchev–Trinajstić information content (AvgIpc) is 2.42. The molecule has 0 saturated heterocycles. The van der Waals surface area contributed by atoms with Crippen LogP contribution in [0.25, 0.3) is 0 Å². The van der Waals surface area contributed by atoms with Gasteiger partial charge in [-0.15, -0.1) is 0 Å². The molecule has 0 amide bonds. The van der Waals surface area contributed by atoms with Crippen molar-refractivity contribution in [2.24, 2.45) is 0 Å². The standard InChI is InChI=1S/C15H14F3NO2/c1-9(11-4-2-3-5-13(11)20)19-10-6-7-14(12(16)8-10)21-15(17)18/h2-9,15,19-20H,1H3. The fourth-order valence-corrected chi connectivity index (χ4v) is 1.96. The number of aromatic hydroxyl groups is 1. The molecule has 0 aliphatic rings. The summed E-state index contributed by atoms with van der Waals surface area (Å²) in [6.07, 6.45) is 0. The molecule has 0 heterocycles. The Morgan fingerprint density at radius 1 is 1.14 bits per heavy atom. The Balaban J connectivity index is 2.13. The van der Waals surface area contributed by atoms with E-state index in [2.05, 4.69) is 10.1 Å². The topological polar surface area (TPSA) is 41.5 Å². The number of rotatable bonds is 5. The first kappa shape index (κ1) is 15.0. The van der Waals surface area contributed by atoms with Crippen LogP contribution in [0.1, 0.15) is 18.5 Å². The molecule has 2 aromatic rings. The zero-order chi connectivity index (χ0) is 15.4. The van der Waals surface area contributed by atoms with E-state index in [-0.39, 0.29) is 11.8 Å². The summed E-state index contributed by atoms with van der Waals surface area (Å²) in [5.74, 6) is -1.27. The van der Waals surface area contributed by atoms with Crippen LogP contribution in [0.2, 0.25) is 0 Å². The monoisotopic (exact) mass is 297 g/mol. The van der Waals surface area contributed by atoms with Gasteiger partial charge in [0, 0.05) is 17.3 Å². The van der Waals surface area contributed by atoms with Crippen LogP contribution >= 0.6 is 0 Å². The highest BCUT2D eigenvalue weighted by Crippen LogP contribution is 2.28. The van der Waals surface area contributed by atoms with Gasteiger partial charge < -0.3 is 15.2 Å². The van der Waals surface area contributed by atoms with Gasteiger partial charge in [0.1, 0.15) is 5.75 Å². The number of anilines is 1. The minimum atomic E-state index is -3.07. The first-order valence-electron chi connectivity index (χ1n) is 6.26. The fourth-order valence-electron chi connectivity index (χ4n) is 1.96. The van der Waals surface area contributed by atoms with E-state index in [1.165, 1.54) is 6.07 Å². The molecule has 6 heteroatoms. The number of ether oxygens (including phenoxy) is 1. The summed E-state index contributed by atoms with van der Waals surface area (Å²) in [4.78, 5) is 0. The molecule has 1 atom stereocenters. The van der Waals surface area contributed by atoms with Crippen molar-refractivity contribution in [3.63, 3.8) is 0 Å². The van der Waals surface area contributed by atoms with E-state index >= 15 is 0 Å². The molecule has 0 saturated carbocycles. The quantitative estimate of drug-likeness (QED) is 0.864. The lowest BCUT2D eigenvalue weighted by Crippen LogP contribution is -2.08. The highest BCUT2D eigenvalue weighted by Gasteiger charge is 2.13. The van der Waals surface area contributed by atoms with E-state index in [4.69, 9.17) is 0 Å². The summed E-state index contributed by atoms with van der Waals surface area (Å²) in [7, 11) is 0. The molecule has 0 radical (unpaired) electrons. The smallest absolute Gasteiger partial charge is 0.387 e. The maximum Gasteiger partial charge on any atom is 0.387 e. The van der Waals surface area contributed by atoms with Crippen LogP contribution in [-0.2, 0) is 0 Å². The van der Waals surface area contributed by atoms with Crippen molar-refractivity contribution < 1.29 is 23.0 Å². The Morgan fingerprint density at radius 3 is 2.48 bits per heavy atom. The Morgan fingerprint density at radius 2 is 1.86 bits per heavy atom. The second-order valence-corrected chi connectivity index (χ2v) is 4.45. The molecular formula is C15H14F3NO2. The number of hydrogen-bond acceptors (Lipinski definition) is 3. The largest absolute Gasteiger partial charge is 0.508 e. The number of phenols is 1. The zero-order valence-electron chi connectivity index (χ0n) is 11.2. The van der Waals surface area contributed by atoms with E-state index in [0.717, 1.165) is 12.1 Å². The number of halogens is 3. The first-order valence-corrected chi connectivity index (χ1v) is 6.26. The molecule has 112 valence electrons. The zero-order valence-corrected chi connectivity index (χ0v) is 11.2. The molecule has 2 N–H and O–H groups in total. The Bertz CT molecular complexity index is 620. The third kappa shape index (κ3) is 3.81. The van der Waals surface area contributed by atoms with Crippen LogP contribution in [0.5, 0.6) is 11.5 Å². The van der Waals surface area contributed by atoms with Crippen LogP contribution in [0.4, 0.5) is 18.9 Å². The molecular weight excluding hydrogens is 283 g/mol. The van der Waals surface area contributed by atoms with Gasteiger partial charge in [-0.1, -0.05) is 18.2 Å². The molecule has 0 aliphatic carbocycles. The van der Waals surface area contributed by atoms with Crippen molar-refractivity contribution in [2.75, 3.05) is 5.32 Å². The molecule has 2 rings (SSSR count). The van der Waals surface area contributed by atoms with Gasteiger partial charge >= 0.3 is 6.61 Å². The maximum absolute atomic E-state index is 13.6. The van der Waals surface area contributed by atoms with Crippen molar-refractivity contribution in [1.29, 1.82) is 0 Å². The van der Waals surface area contributed by atoms with Gasteiger partial charge in [0.25, 0.3) is 0 Å². The van der Waals surface area contributed by atoms with Crippen LogP contribution < -0.4 is 10.1 Å². The molecule has 21 heavy (non-hydrogen) atoms. The van der Waals surface area contributed by atoms with Gasteiger partial charge in [0.15, 0.2) is 11.6 Å². The number of benzene rings is 2. The summed E-state index contributed by atoms with van der Waals surface area (Å²) < 4.78 is 41.7. The van der Waals surface area contributed by atoms with Gasteiger partial charge in [0.2, 0.25) is 0 Å². The van der Waals surface area contributed by atoms with Crippen LogP contribution in [0, 0.1) is 5.82 Å². The van der Waals surface area contributed by atoms with Gasteiger partial charge in [-0.2, -0.15) is 8.78 Å². The molecule has 3 nitrogen and oxygen atoms in total. The second-order valence-electron chi connectivity index (χ2n) is 4.45. The molecule has 0 bridgehead atoms. The van der Waals surface area contributed by atoms with Crippen molar-refractivity contribution in [1.82, 2.24) is 0 Å². The minimum Gasteiger partial charge on any atom is -0.508 e. The summed E-state index contributed by atoms with van der Waals surface area (Å²) in [6, 6.07) is 10.1. The summed E-state index contributed by atoms with van der Waals surface area (Å²) in [5, 5.41) is 12.7. The lowest BCUT2D eigenvalue weighted by atomic mass is 10.1. The highest BCUT2D eigenvalue weighted by molar-refractivity contribution is 5.50. The van der Waals surface area contributed by atoms with E-state index in [1.807, 2.05) is 0 Å². The Labute approximate surface area is 120 Å². The third-order valence-electron chi connectivity index (χ3n) is 2.93. The number of phenolic OH excluding ortho intramolecular Hbond substituents is 1. The Hall–Kier alpha value is -2.37.